The molecule has 1 N–H and O–H groups in total. The second-order valence-electron chi connectivity index (χ2n) is 5.81. The molecule has 22 heavy (non-hydrogen) atoms. The molecule has 0 atom stereocenters. The van der Waals surface area contributed by atoms with Crippen molar-refractivity contribution < 1.29 is 4.52 Å². The molecule has 1 fully saturated rings. The number of thiazole rings is 1. The van der Waals surface area contributed by atoms with Crippen LogP contribution in [0.25, 0.3) is 17.0 Å². The fourth-order valence-corrected chi connectivity index (χ4v) is 3.97. The Hall–Kier alpha value is -1.72. The number of piperidine rings is 1. The lowest BCUT2D eigenvalue weighted by atomic mass is 9.99. The van der Waals surface area contributed by atoms with Crippen molar-refractivity contribution in [1.29, 1.82) is 0 Å². The fourth-order valence-electron chi connectivity index (χ4n) is 2.99. The molecule has 0 radical (unpaired) electrons. The molecule has 0 saturated carbocycles. The smallest absolute Gasteiger partial charge is 0.167 e. The Balaban J connectivity index is 1.55. The molecule has 0 aromatic carbocycles. The zero-order valence-corrected chi connectivity index (χ0v) is 13.2. The summed E-state index contributed by atoms with van der Waals surface area (Å²) in [4.78, 5) is 4.79. The standard InChI is InChI=1S/C17H19N3OS/c1-2-4-12(5-3-1)16-10-14(20-21-16)15-11-22-17(19-15)13-6-8-18-9-7-13/h2,4-5,10-11,13,18H,1,3,6-9H2. The lowest BCUT2D eigenvalue weighted by Gasteiger charge is -2.20. The summed E-state index contributed by atoms with van der Waals surface area (Å²) in [6, 6.07) is 2.00. The number of nitrogens with one attached hydrogen (secondary N) is 1. The van der Waals surface area contributed by atoms with Crippen LogP contribution in [0.5, 0.6) is 0 Å². The third-order valence-corrected chi connectivity index (χ3v) is 5.27. The monoisotopic (exact) mass is 313 g/mol. The van der Waals surface area contributed by atoms with E-state index in [2.05, 4.69) is 34.1 Å². The highest BCUT2D eigenvalue weighted by atomic mass is 32.1. The summed E-state index contributed by atoms with van der Waals surface area (Å²) in [5, 5.41) is 10.9. The van der Waals surface area contributed by atoms with E-state index < -0.39 is 0 Å². The molecule has 0 amide bonds. The molecule has 2 aromatic heterocycles. The van der Waals surface area contributed by atoms with Gasteiger partial charge in [0.1, 0.15) is 11.4 Å². The second-order valence-corrected chi connectivity index (χ2v) is 6.70. The molecule has 4 rings (SSSR count). The number of aromatic nitrogens is 2. The van der Waals surface area contributed by atoms with Gasteiger partial charge >= 0.3 is 0 Å². The Kier molecular flexibility index (Phi) is 3.91. The molecule has 0 unspecified atom stereocenters. The van der Waals surface area contributed by atoms with Gasteiger partial charge in [-0.1, -0.05) is 23.4 Å². The van der Waals surface area contributed by atoms with Crippen LogP contribution in [0.1, 0.15) is 42.4 Å². The van der Waals surface area contributed by atoms with Gasteiger partial charge in [-0.3, -0.25) is 0 Å². The summed E-state index contributed by atoms with van der Waals surface area (Å²) in [5.41, 5.74) is 2.90. The zero-order valence-electron chi connectivity index (χ0n) is 12.4. The number of rotatable bonds is 3. The number of hydrogen-bond acceptors (Lipinski definition) is 5. The van der Waals surface area contributed by atoms with Gasteiger partial charge in [0.2, 0.25) is 0 Å². The van der Waals surface area contributed by atoms with E-state index in [9.17, 15) is 0 Å². The van der Waals surface area contributed by atoms with Crippen LogP contribution in [0.15, 0.2) is 34.2 Å². The third kappa shape index (κ3) is 2.78. The van der Waals surface area contributed by atoms with Gasteiger partial charge in [-0.05, 0) is 38.8 Å². The van der Waals surface area contributed by atoms with Crippen LogP contribution in [-0.2, 0) is 0 Å². The van der Waals surface area contributed by atoms with Crippen molar-refractivity contribution in [3.8, 4) is 11.4 Å². The van der Waals surface area contributed by atoms with Gasteiger partial charge in [-0.15, -0.1) is 11.3 Å². The third-order valence-electron chi connectivity index (χ3n) is 4.26. The minimum atomic E-state index is 0.593. The molecule has 3 heterocycles. The summed E-state index contributed by atoms with van der Waals surface area (Å²) in [5.74, 6) is 1.43. The van der Waals surface area contributed by atoms with Crippen molar-refractivity contribution in [1.82, 2.24) is 15.5 Å². The fraction of sp³-hybridized carbons (Fsp3) is 0.412. The Labute approximate surface area is 133 Å². The van der Waals surface area contributed by atoms with Crippen LogP contribution in [-0.4, -0.2) is 23.2 Å². The van der Waals surface area contributed by atoms with Crippen LogP contribution in [0, 0.1) is 0 Å². The van der Waals surface area contributed by atoms with E-state index in [-0.39, 0.29) is 0 Å². The maximum Gasteiger partial charge on any atom is 0.167 e. The van der Waals surface area contributed by atoms with Gasteiger partial charge < -0.3 is 9.84 Å². The molecule has 1 aliphatic carbocycles. The average molecular weight is 313 g/mol. The van der Waals surface area contributed by atoms with Crippen molar-refractivity contribution in [2.24, 2.45) is 0 Å². The normalized spacial score (nSPS) is 19.4. The van der Waals surface area contributed by atoms with Crippen molar-refractivity contribution in [3.05, 3.63) is 40.4 Å². The number of nitrogens with zero attached hydrogens (tertiary/aromatic N) is 2. The van der Waals surface area contributed by atoms with Crippen molar-refractivity contribution in [2.45, 2.75) is 31.6 Å². The summed E-state index contributed by atoms with van der Waals surface area (Å²) in [6.07, 6.45) is 11.0. The number of hydrogen-bond donors (Lipinski definition) is 1. The van der Waals surface area contributed by atoms with E-state index in [1.807, 2.05) is 6.07 Å². The van der Waals surface area contributed by atoms with Gasteiger partial charge in [0.05, 0.1) is 5.01 Å². The molecule has 2 aromatic rings. The minimum Gasteiger partial charge on any atom is -0.356 e. The molecule has 1 saturated heterocycles. The molecule has 5 heteroatoms. The van der Waals surface area contributed by atoms with Gasteiger partial charge in [0.15, 0.2) is 5.76 Å². The highest BCUT2D eigenvalue weighted by Gasteiger charge is 2.20. The van der Waals surface area contributed by atoms with E-state index in [1.165, 1.54) is 17.8 Å². The summed E-state index contributed by atoms with van der Waals surface area (Å²) < 4.78 is 5.50. The SMILES string of the molecule is C1=CC(c2cc(-c3csc(C4CCNCC4)n3)no2)=CCC1. The maximum atomic E-state index is 5.50. The predicted octanol–water partition coefficient (Wildman–Crippen LogP) is 4.00. The molecule has 114 valence electrons. The maximum absolute atomic E-state index is 5.50. The van der Waals surface area contributed by atoms with Crippen LogP contribution in [0.2, 0.25) is 0 Å². The predicted molar refractivity (Wildman–Crippen MR) is 88.8 cm³/mol. The molecule has 0 spiro atoms. The van der Waals surface area contributed by atoms with Gasteiger partial charge in [-0.2, -0.15) is 0 Å². The van der Waals surface area contributed by atoms with Crippen molar-refractivity contribution in [3.63, 3.8) is 0 Å². The lowest BCUT2D eigenvalue weighted by Crippen LogP contribution is -2.26. The van der Waals surface area contributed by atoms with Crippen LogP contribution >= 0.6 is 11.3 Å². The highest BCUT2D eigenvalue weighted by Crippen LogP contribution is 2.32. The minimum absolute atomic E-state index is 0.593. The van der Waals surface area contributed by atoms with Crippen molar-refractivity contribution >= 4 is 16.9 Å². The van der Waals surface area contributed by atoms with E-state index in [0.717, 1.165) is 48.7 Å². The molecule has 4 nitrogen and oxygen atoms in total. The average Bonchev–Trinajstić information content (AvgIpc) is 3.26. The van der Waals surface area contributed by atoms with E-state index in [0.29, 0.717) is 5.92 Å². The van der Waals surface area contributed by atoms with Gasteiger partial charge in [0.25, 0.3) is 0 Å². The molecule has 0 bridgehead atoms. The van der Waals surface area contributed by atoms with E-state index in [1.54, 1.807) is 11.3 Å². The first kappa shape index (κ1) is 13.9. The van der Waals surface area contributed by atoms with Gasteiger partial charge in [0, 0.05) is 22.9 Å². The summed E-state index contributed by atoms with van der Waals surface area (Å²) in [6.45, 7) is 2.18. The first-order chi connectivity index (χ1) is 10.9. The number of allylic oxidation sites excluding steroid dienone is 4. The second kappa shape index (κ2) is 6.18. The molecule has 2 aliphatic rings. The van der Waals surface area contributed by atoms with E-state index >= 15 is 0 Å². The largest absolute Gasteiger partial charge is 0.356 e. The molecular weight excluding hydrogens is 294 g/mol. The zero-order chi connectivity index (χ0) is 14.8. The highest BCUT2D eigenvalue weighted by molar-refractivity contribution is 7.10. The Bertz CT molecular complexity index is 707. The summed E-state index contributed by atoms with van der Waals surface area (Å²) >= 11 is 1.75. The molecule has 1 aliphatic heterocycles. The van der Waals surface area contributed by atoms with Crippen LogP contribution in [0.3, 0.4) is 0 Å². The first-order valence-electron chi connectivity index (χ1n) is 7.90. The Morgan fingerprint density at radius 2 is 2.09 bits per heavy atom. The Morgan fingerprint density at radius 3 is 2.91 bits per heavy atom. The summed E-state index contributed by atoms with van der Waals surface area (Å²) in [7, 11) is 0. The lowest BCUT2D eigenvalue weighted by molar-refractivity contribution is 0.413. The first-order valence-corrected chi connectivity index (χ1v) is 8.78. The quantitative estimate of drug-likeness (QED) is 0.930. The molecular formula is C17H19N3OS. The van der Waals surface area contributed by atoms with E-state index in [4.69, 9.17) is 9.51 Å². The van der Waals surface area contributed by atoms with Crippen LogP contribution < -0.4 is 5.32 Å². The topological polar surface area (TPSA) is 51.0 Å². The van der Waals surface area contributed by atoms with Crippen LogP contribution in [0.4, 0.5) is 0 Å². The Morgan fingerprint density at radius 1 is 1.18 bits per heavy atom. The van der Waals surface area contributed by atoms with Gasteiger partial charge in [-0.25, -0.2) is 4.98 Å². The van der Waals surface area contributed by atoms with Crippen molar-refractivity contribution in [2.75, 3.05) is 13.1 Å².